The summed E-state index contributed by atoms with van der Waals surface area (Å²) in [5, 5.41) is 0. The highest BCUT2D eigenvalue weighted by Gasteiger charge is 2.50. The van der Waals surface area contributed by atoms with Crippen LogP contribution < -0.4 is 5.63 Å². The van der Waals surface area contributed by atoms with Gasteiger partial charge in [-0.25, -0.2) is 9.59 Å². The molecule has 1 atom stereocenters. The number of carbonyl (C=O) groups excluding carboxylic acids is 2. The fourth-order valence-electron chi connectivity index (χ4n) is 4.47. The van der Waals surface area contributed by atoms with E-state index in [1.165, 1.54) is 0 Å². The first-order chi connectivity index (χ1) is 13.4. The molecule has 1 unspecified atom stereocenters. The van der Waals surface area contributed by atoms with Gasteiger partial charge in [-0.3, -0.25) is 9.69 Å². The molecule has 28 heavy (non-hydrogen) atoms. The molecule has 0 spiro atoms. The molecule has 2 amide bonds. The Morgan fingerprint density at radius 2 is 2.00 bits per heavy atom. The lowest BCUT2D eigenvalue weighted by Crippen LogP contribution is -2.62. The van der Waals surface area contributed by atoms with Crippen molar-refractivity contribution in [2.75, 3.05) is 39.5 Å². The van der Waals surface area contributed by atoms with Crippen LogP contribution in [0.5, 0.6) is 0 Å². The fraction of sp³-hybridized carbons (Fsp3) is 0.650. The van der Waals surface area contributed by atoms with Crippen LogP contribution in [0.4, 0.5) is 4.79 Å². The van der Waals surface area contributed by atoms with Crippen molar-refractivity contribution in [1.82, 2.24) is 9.80 Å². The van der Waals surface area contributed by atoms with Gasteiger partial charge in [0.25, 0.3) is 5.91 Å². The van der Waals surface area contributed by atoms with E-state index in [2.05, 4.69) is 0 Å². The number of aryl methyl sites for hydroxylation is 1. The van der Waals surface area contributed by atoms with Gasteiger partial charge in [-0.05, 0) is 37.8 Å². The van der Waals surface area contributed by atoms with Gasteiger partial charge >= 0.3 is 11.7 Å². The number of fused-ring (bicyclic) bond motifs is 1. The normalized spacial score (nSPS) is 25.6. The van der Waals surface area contributed by atoms with Crippen molar-refractivity contribution in [2.45, 2.75) is 44.6 Å². The molecule has 0 aliphatic carbocycles. The summed E-state index contributed by atoms with van der Waals surface area (Å²) in [5.41, 5.74) is -0.380. The predicted molar refractivity (Wildman–Crippen MR) is 99.5 cm³/mol. The standard InChI is InChI=1S/C20H26N2O6/c1-3-20-11-21(6-7-22(20)19(25)27-12-20)17(23)16-13(2)10-15(28-18(16)24)14-4-8-26-9-5-14/h10,14H,3-9,11-12H2,1-2H3. The average Bonchev–Trinajstić information content (AvgIpc) is 3.04. The number of rotatable bonds is 3. The summed E-state index contributed by atoms with van der Waals surface area (Å²) in [6, 6.07) is 1.82. The van der Waals surface area contributed by atoms with Crippen molar-refractivity contribution in [2.24, 2.45) is 0 Å². The molecule has 0 aromatic carbocycles. The maximum absolute atomic E-state index is 13.2. The van der Waals surface area contributed by atoms with E-state index in [0.717, 1.165) is 12.8 Å². The number of piperazine rings is 1. The fourth-order valence-corrected chi connectivity index (χ4v) is 4.47. The van der Waals surface area contributed by atoms with Crippen LogP contribution in [0.1, 0.15) is 53.8 Å². The molecular formula is C20H26N2O6. The topological polar surface area (TPSA) is 89.3 Å². The molecular weight excluding hydrogens is 364 g/mol. The number of hydrogen-bond donors (Lipinski definition) is 0. The molecule has 8 nitrogen and oxygen atoms in total. The molecule has 3 fully saturated rings. The molecule has 4 heterocycles. The van der Waals surface area contributed by atoms with Gasteiger partial charge in [0.2, 0.25) is 0 Å². The third-order valence-electron chi connectivity index (χ3n) is 6.29. The molecule has 3 aliphatic heterocycles. The average molecular weight is 390 g/mol. The Hall–Kier alpha value is -2.35. The molecule has 8 heteroatoms. The van der Waals surface area contributed by atoms with Crippen molar-refractivity contribution < 1.29 is 23.5 Å². The van der Waals surface area contributed by atoms with E-state index in [-0.39, 0.29) is 30.1 Å². The number of nitrogens with zero attached hydrogens (tertiary/aromatic N) is 2. The summed E-state index contributed by atoms with van der Waals surface area (Å²) in [4.78, 5) is 41.1. The Balaban J connectivity index is 1.58. The summed E-state index contributed by atoms with van der Waals surface area (Å²) in [7, 11) is 0. The first-order valence-electron chi connectivity index (χ1n) is 9.91. The smallest absolute Gasteiger partial charge is 0.410 e. The second kappa shape index (κ2) is 7.24. The van der Waals surface area contributed by atoms with Crippen LogP contribution in [0.2, 0.25) is 0 Å². The minimum atomic E-state index is -0.585. The number of ether oxygens (including phenoxy) is 2. The lowest BCUT2D eigenvalue weighted by molar-refractivity contribution is 0.0357. The zero-order chi connectivity index (χ0) is 19.9. The number of carbonyl (C=O) groups is 2. The van der Waals surface area contributed by atoms with Gasteiger partial charge in [-0.1, -0.05) is 6.92 Å². The summed E-state index contributed by atoms with van der Waals surface area (Å²) in [6.45, 7) is 6.46. The summed E-state index contributed by atoms with van der Waals surface area (Å²) >= 11 is 0. The lowest BCUT2D eigenvalue weighted by Gasteiger charge is -2.44. The molecule has 0 radical (unpaired) electrons. The maximum Gasteiger partial charge on any atom is 0.410 e. The first-order valence-corrected chi connectivity index (χ1v) is 9.91. The molecule has 3 aliphatic rings. The van der Waals surface area contributed by atoms with E-state index < -0.39 is 11.2 Å². The van der Waals surface area contributed by atoms with Crippen molar-refractivity contribution in [3.63, 3.8) is 0 Å². The summed E-state index contributed by atoms with van der Waals surface area (Å²) < 4.78 is 16.1. The quantitative estimate of drug-likeness (QED) is 0.783. The van der Waals surface area contributed by atoms with Gasteiger partial charge < -0.3 is 18.8 Å². The molecule has 4 rings (SSSR count). The largest absolute Gasteiger partial charge is 0.447 e. The highest BCUT2D eigenvalue weighted by Crippen LogP contribution is 2.32. The monoisotopic (exact) mass is 390 g/mol. The SMILES string of the molecule is CCC12COC(=O)N1CCN(C(=O)c1c(C)cc(C3CCOCC3)oc1=O)C2. The Morgan fingerprint density at radius 1 is 1.25 bits per heavy atom. The molecule has 152 valence electrons. The van der Waals surface area contributed by atoms with Crippen molar-refractivity contribution in [3.8, 4) is 0 Å². The van der Waals surface area contributed by atoms with Crippen LogP contribution in [0.15, 0.2) is 15.3 Å². The number of cyclic esters (lactones) is 1. The van der Waals surface area contributed by atoms with Gasteiger partial charge in [-0.2, -0.15) is 0 Å². The van der Waals surface area contributed by atoms with E-state index in [4.69, 9.17) is 13.9 Å². The number of hydrogen-bond acceptors (Lipinski definition) is 6. The molecule has 0 saturated carbocycles. The Bertz CT molecular complexity index is 844. The van der Waals surface area contributed by atoms with Crippen molar-refractivity contribution in [1.29, 1.82) is 0 Å². The first kappa shape index (κ1) is 19.0. The van der Waals surface area contributed by atoms with E-state index in [1.54, 1.807) is 16.7 Å². The van der Waals surface area contributed by atoms with E-state index >= 15 is 0 Å². The highest BCUT2D eigenvalue weighted by molar-refractivity contribution is 5.95. The summed E-state index contributed by atoms with van der Waals surface area (Å²) in [5.74, 6) is 0.446. The molecule has 1 aromatic rings. The van der Waals surface area contributed by atoms with Gasteiger partial charge in [0.05, 0.1) is 5.54 Å². The van der Waals surface area contributed by atoms with Crippen molar-refractivity contribution in [3.05, 3.63) is 33.4 Å². The van der Waals surface area contributed by atoms with Crippen molar-refractivity contribution >= 4 is 12.0 Å². The minimum Gasteiger partial charge on any atom is -0.447 e. The van der Waals surface area contributed by atoms with E-state index in [1.807, 2.05) is 13.0 Å². The molecule has 0 N–H and O–H groups in total. The van der Waals surface area contributed by atoms with Gasteiger partial charge in [0.1, 0.15) is 17.9 Å². The third kappa shape index (κ3) is 3.09. The number of amides is 2. The van der Waals surface area contributed by atoms with Gasteiger partial charge in [-0.15, -0.1) is 0 Å². The predicted octanol–water partition coefficient (Wildman–Crippen LogP) is 1.90. The van der Waals surface area contributed by atoms with Crippen LogP contribution in [0, 0.1) is 6.92 Å². The van der Waals surface area contributed by atoms with Crippen LogP contribution >= 0.6 is 0 Å². The highest BCUT2D eigenvalue weighted by atomic mass is 16.6. The molecule has 1 aromatic heterocycles. The zero-order valence-electron chi connectivity index (χ0n) is 16.4. The Kier molecular flexibility index (Phi) is 4.91. The van der Waals surface area contributed by atoms with Crippen LogP contribution in [-0.4, -0.2) is 66.8 Å². The summed E-state index contributed by atoms with van der Waals surface area (Å²) in [6.07, 6.45) is 1.97. The molecule has 0 bridgehead atoms. The third-order valence-corrected chi connectivity index (χ3v) is 6.29. The van der Waals surface area contributed by atoms with Gasteiger partial charge in [0, 0.05) is 38.8 Å². The second-order valence-corrected chi connectivity index (χ2v) is 7.89. The second-order valence-electron chi connectivity index (χ2n) is 7.89. The Labute approximate surface area is 163 Å². The maximum atomic E-state index is 13.2. The minimum absolute atomic E-state index is 0.0840. The van der Waals surface area contributed by atoms with Crippen LogP contribution in [-0.2, 0) is 9.47 Å². The van der Waals surface area contributed by atoms with Crippen LogP contribution in [0.25, 0.3) is 0 Å². The van der Waals surface area contributed by atoms with Crippen LogP contribution in [0.3, 0.4) is 0 Å². The Morgan fingerprint density at radius 3 is 2.68 bits per heavy atom. The lowest BCUT2D eigenvalue weighted by atomic mass is 9.92. The molecule has 3 saturated heterocycles. The van der Waals surface area contributed by atoms with E-state index in [0.29, 0.717) is 50.6 Å². The van der Waals surface area contributed by atoms with E-state index in [9.17, 15) is 14.4 Å². The van der Waals surface area contributed by atoms with Gasteiger partial charge in [0.15, 0.2) is 0 Å². The zero-order valence-corrected chi connectivity index (χ0v) is 16.4.